The molecule has 0 saturated heterocycles. The lowest BCUT2D eigenvalue weighted by Gasteiger charge is -2.11. The average molecular weight is 308 g/mol. The van der Waals surface area contributed by atoms with Gasteiger partial charge in [0.2, 0.25) is 0 Å². The molecule has 0 amide bonds. The third-order valence-electron chi connectivity index (χ3n) is 4.21. The number of nitrogen functional groups attached to an aromatic ring is 1. The van der Waals surface area contributed by atoms with E-state index in [1.165, 1.54) is 25.0 Å². The zero-order valence-electron chi connectivity index (χ0n) is 12.1. The molecule has 5 heteroatoms. The summed E-state index contributed by atoms with van der Waals surface area (Å²) in [6, 6.07) is 4.43. The summed E-state index contributed by atoms with van der Waals surface area (Å²) in [6.07, 6.45) is 4.78. The molecule has 1 saturated carbocycles. The van der Waals surface area contributed by atoms with Crippen molar-refractivity contribution in [3.05, 3.63) is 34.9 Å². The SMILES string of the molecule is CCn1c(C2CCCC2)nc(-c2cc(F)cc(Cl)c2)c1N. The van der Waals surface area contributed by atoms with E-state index in [9.17, 15) is 4.39 Å². The Morgan fingerprint density at radius 3 is 2.67 bits per heavy atom. The van der Waals surface area contributed by atoms with E-state index in [1.807, 2.05) is 4.57 Å². The van der Waals surface area contributed by atoms with Crippen molar-refractivity contribution in [1.82, 2.24) is 9.55 Å². The molecule has 0 unspecified atom stereocenters. The van der Waals surface area contributed by atoms with E-state index < -0.39 is 0 Å². The molecule has 0 bridgehead atoms. The number of imidazole rings is 1. The zero-order chi connectivity index (χ0) is 15.0. The summed E-state index contributed by atoms with van der Waals surface area (Å²) in [4.78, 5) is 4.73. The summed E-state index contributed by atoms with van der Waals surface area (Å²) in [5.74, 6) is 1.72. The van der Waals surface area contributed by atoms with Crippen LogP contribution in [0, 0.1) is 5.82 Å². The van der Waals surface area contributed by atoms with Gasteiger partial charge in [-0.1, -0.05) is 24.4 Å². The van der Waals surface area contributed by atoms with Crippen LogP contribution in [0.15, 0.2) is 18.2 Å². The van der Waals surface area contributed by atoms with Crippen molar-refractivity contribution >= 4 is 17.4 Å². The average Bonchev–Trinajstić information content (AvgIpc) is 3.04. The first kappa shape index (κ1) is 14.4. The molecule has 112 valence electrons. The predicted molar refractivity (Wildman–Crippen MR) is 83.9 cm³/mol. The molecule has 1 aliphatic rings. The van der Waals surface area contributed by atoms with Crippen LogP contribution in [-0.2, 0) is 6.54 Å². The normalized spacial score (nSPS) is 15.8. The first-order valence-electron chi connectivity index (χ1n) is 7.42. The fourth-order valence-corrected chi connectivity index (χ4v) is 3.44. The molecule has 1 fully saturated rings. The van der Waals surface area contributed by atoms with Crippen molar-refractivity contribution in [2.75, 3.05) is 5.73 Å². The van der Waals surface area contributed by atoms with E-state index in [0.717, 1.165) is 25.2 Å². The van der Waals surface area contributed by atoms with Gasteiger partial charge in [0, 0.05) is 23.0 Å². The highest BCUT2D eigenvalue weighted by Gasteiger charge is 2.25. The molecule has 0 radical (unpaired) electrons. The number of benzene rings is 1. The monoisotopic (exact) mass is 307 g/mol. The second-order valence-electron chi connectivity index (χ2n) is 5.59. The van der Waals surface area contributed by atoms with Crippen LogP contribution in [0.3, 0.4) is 0 Å². The van der Waals surface area contributed by atoms with E-state index in [4.69, 9.17) is 22.3 Å². The van der Waals surface area contributed by atoms with Crippen molar-refractivity contribution in [2.24, 2.45) is 0 Å². The molecule has 21 heavy (non-hydrogen) atoms. The number of anilines is 1. The minimum Gasteiger partial charge on any atom is -0.383 e. The van der Waals surface area contributed by atoms with Crippen LogP contribution >= 0.6 is 11.6 Å². The highest BCUT2D eigenvalue weighted by atomic mass is 35.5. The van der Waals surface area contributed by atoms with Gasteiger partial charge in [-0.3, -0.25) is 0 Å². The number of aromatic nitrogens is 2. The molecule has 1 heterocycles. The number of nitrogens with two attached hydrogens (primary N) is 1. The van der Waals surface area contributed by atoms with E-state index in [0.29, 0.717) is 28.0 Å². The maximum atomic E-state index is 13.6. The first-order chi connectivity index (χ1) is 10.1. The number of hydrogen-bond donors (Lipinski definition) is 1. The van der Waals surface area contributed by atoms with Gasteiger partial charge < -0.3 is 10.3 Å². The molecule has 1 aliphatic carbocycles. The van der Waals surface area contributed by atoms with Gasteiger partial charge >= 0.3 is 0 Å². The molecule has 2 aromatic rings. The molecule has 3 rings (SSSR count). The fourth-order valence-electron chi connectivity index (χ4n) is 3.21. The molecular formula is C16H19ClFN3. The van der Waals surface area contributed by atoms with E-state index in [2.05, 4.69) is 6.92 Å². The summed E-state index contributed by atoms with van der Waals surface area (Å²) < 4.78 is 15.6. The highest BCUT2D eigenvalue weighted by Crippen LogP contribution is 2.38. The Hall–Kier alpha value is -1.55. The van der Waals surface area contributed by atoms with Gasteiger partial charge in [-0.15, -0.1) is 0 Å². The van der Waals surface area contributed by atoms with Crippen LogP contribution in [-0.4, -0.2) is 9.55 Å². The largest absolute Gasteiger partial charge is 0.383 e. The zero-order valence-corrected chi connectivity index (χ0v) is 12.8. The van der Waals surface area contributed by atoms with Gasteiger partial charge in [0.15, 0.2) is 0 Å². The number of rotatable bonds is 3. The summed E-state index contributed by atoms with van der Waals surface area (Å²) >= 11 is 5.94. The second kappa shape index (κ2) is 5.68. The van der Waals surface area contributed by atoms with Crippen LogP contribution in [0.2, 0.25) is 5.02 Å². The van der Waals surface area contributed by atoms with Gasteiger partial charge in [0.05, 0.1) is 0 Å². The third-order valence-corrected chi connectivity index (χ3v) is 4.43. The predicted octanol–water partition coefficient (Wildman–Crippen LogP) is 4.60. The smallest absolute Gasteiger partial charge is 0.131 e. The molecule has 1 aromatic carbocycles. The van der Waals surface area contributed by atoms with Crippen molar-refractivity contribution in [3.63, 3.8) is 0 Å². The standard InChI is InChI=1S/C16H19ClFN3/c1-2-21-15(19)14(11-7-12(17)9-13(18)8-11)20-16(21)10-5-3-4-6-10/h7-10H,2-6,19H2,1H3. The second-order valence-corrected chi connectivity index (χ2v) is 6.02. The van der Waals surface area contributed by atoms with Gasteiger partial charge in [-0.2, -0.15) is 0 Å². The Bertz CT molecular complexity index is 640. The summed E-state index contributed by atoms with van der Waals surface area (Å²) in [5.41, 5.74) is 7.53. The van der Waals surface area contributed by atoms with Crippen LogP contribution in [0.1, 0.15) is 44.3 Å². The molecular weight excluding hydrogens is 289 g/mol. The Morgan fingerprint density at radius 1 is 1.33 bits per heavy atom. The summed E-state index contributed by atoms with van der Waals surface area (Å²) in [7, 11) is 0. The number of hydrogen-bond acceptors (Lipinski definition) is 2. The molecule has 3 nitrogen and oxygen atoms in total. The van der Waals surface area contributed by atoms with Crippen molar-refractivity contribution in [3.8, 4) is 11.3 Å². The fraction of sp³-hybridized carbons (Fsp3) is 0.438. The molecule has 1 aromatic heterocycles. The van der Waals surface area contributed by atoms with E-state index >= 15 is 0 Å². The molecule has 2 N–H and O–H groups in total. The minimum atomic E-state index is -0.370. The Labute approximate surface area is 128 Å². The Balaban J connectivity index is 2.10. The van der Waals surface area contributed by atoms with Gasteiger partial charge in [0.1, 0.15) is 23.2 Å². The van der Waals surface area contributed by atoms with Crippen LogP contribution < -0.4 is 5.73 Å². The summed E-state index contributed by atoms with van der Waals surface area (Å²) in [5, 5.41) is 0.359. The van der Waals surface area contributed by atoms with E-state index in [1.54, 1.807) is 6.07 Å². The van der Waals surface area contributed by atoms with Crippen LogP contribution in [0.5, 0.6) is 0 Å². The maximum Gasteiger partial charge on any atom is 0.131 e. The molecule has 0 atom stereocenters. The number of nitrogens with zero attached hydrogens (tertiary/aromatic N) is 2. The van der Waals surface area contributed by atoms with Gasteiger partial charge in [-0.25, -0.2) is 9.37 Å². The lowest BCUT2D eigenvalue weighted by atomic mass is 10.1. The van der Waals surface area contributed by atoms with Gasteiger partial charge in [0.25, 0.3) is 0 Å². The lowest BCUT2D eigenvalue weighted by molar-refractivity contribution is 0.604. The maximum absolute atomic E-state index is 13.6. The number of halogens is 2. The lowest BCUT2D eigenvalue weighted by Crippen LogP contribution is -2.08. The van der Waals surface area contributed by atoms with Gasteiger partial charge in [-0.05, 0) is 38.0 Å². The third kappa shape index (κ3) is 2.64. The molecule has 0 spiro atoms. The van der Waals surface area contributed by atoms with Crippen LogP contribution in [0.25, 0.3) is 11.3 Å². The highest BCUT2D eigenvalue weighted by molar-refractivity contribution is 6.30. The first-order valence-corrected chi connectivity index (χ1v) is 7.80. The van der Waals surface area contributed by atoms with Crippen molar-refractivity contribution in [2.45, 2.75) is 45.1 Å². The Kier molecular flexibility index (Phi) is 3.89. The van der Waals surface area contributed by atoms with Crippen molar-refractivity contribution < 1.29 is 4.39 Å². The quantitative estimate of drug-likeness (QED) is 0.900. The topological polar surface area (TPSA) is 43.8 Å². The summed E-state index contributed by atoms with van der Waals surface area (Å²) in [6.45, 7) is 2.83. The molecule has 0 aliphatic heterocycles. The van der Waals surface area contributed by atoms with Crippen molar-refractivity contribution in [1.29, 1.82) is 0 Å². The van der Waals surface area contributed by atoms with Crippen LogP contribution in [0.4, 0.5) is 10.2 Å². The van der Waals surface area contributed by atoms with E-state index in [-0.39, 0.29) is 5.82 Å². The minimum absolute atomic E-state index is 0.359. The Morgan fingerprint density at radius 2 is 2.05 bits per heavy atom.